The summed E-state index contributed by atoms with van der Waals surface area (Å²) in [6, 6.07) is 8.71. The molecule has 4 rings (SSSR count). The predicted octanol–water partition coefficient (Wildman–Crippen LogP) is 2.36. The van der Waals surface area contributed by atoms with Crippen molar-refractivity contribution in [3.8, 4) is 0 Å². The van der Waals surface area contributed by atoms with Gasteiger partial charge in [0, 0.05) is 5.39 Å². The van der Waals surface area contributed by atoms with Gasteiger partial charge in [0.05, 0.1) is 28.3 Å². The maximum absolute atomic E-state index is 11.3. The largest absolute Gasteiger partial charge is 0.478 e. The summed E-state index contributed by atoms with van der Waals surface area (Å²) in [6.07, 6.45) is 1.70. The van der Waals surface area contributed by atoms with E-state index in [1.165, 1.54) is 6.07 Å². The van der Waals surface area contributed by atoms with Crippen molar-refractivity contribution in [1.29, 1.82) is 0 Å². The van der Waals surface area contributed by atoms with Crippen LogP contribution in [-0.4, -0.2) is 31.2 Å². The van der Waals surface area contributed by atoms with Gasteiger partial charge in [-0.05, 0) is 24.3 Å². The Labute approximate surface area is 112 Å². The molecular formula is C14H8N4O2. The van der Waals surface area contributed by atoms with Crippen molar-refractivity contribution in [3.05, 3.63) is 42.1 Å². The first-order chi connectivity index (χ1) is 9.74. The van der Waals surface area contributed by atoms with E-state index in [1.807, 2.05) is 12.1 Å². The summed E-state index contributed by atoms with van der Waals surface area (Å²) in [5, 5.41) is 17.0. The minimum atomic E-state index is -1.01. The van der Waals surface area contributed by atoms with E-state index in [-0.39, 0.29) is 5.56 Å². The average molecular weight is 264 g/mol. The number of rotatable bonds is 1. The van der Waals surface area contributed by atoms with Gasteiger partial charge in [0.2, 0.25) is 0 Å². The summed E-state index contributed by atoms with van der Waals surface area (Å²) >= 11 is 0. The highest BCUT2D eigenvalue weighted by atomic mass is 16.4. The zero-order valence-electron chi connectivity index (χ0n) is 10.2. The molecule has 0 aliphatic carbocycles. The smallest absolute Gasteiger partial charge is 0.337 e. The number of carbonyl (C=O) groups is 1. The van der Waals surface area contributed by atoms with Gasteiger partial charge >= 0.3 is 5.97 Å². The van der Waals surface area contributed by atoms with Crippen LogP contribution in [-0.2, 0) is 0 Å². The van der Waals surface area contributed by atoms with Crippen molar-refractivity contribution in [1.82, 2.24) is 20.2 Å². The van der Waals surface area contributed by atoms with Crippen molar-refractivity contribution in [2.45, 2.75) is 0 Å². The third-order valence-corrected chi connectivity index (χ3v) is 3.28. The van der Waals surface area contributed by atoms with E-state index in [2.05, 4.69) is 20.2 Å². The molecule has 2 N–H and O–H groups in total. The Kier molecular flexibility index (Phi) is 2.03. The van der Waals surface area contributed by atoms with Crippen LogP contribution in [0.5, 0.6) is 0 Å². The second-order valence-electron chi connectivity index (χ2n) is 4.47. The summed E-state index contributed by atoms with van der Waals surface area (Å²) in [6.45, 7) is 0. The third kappa shape index (κ3) is 1.38. The Morgan fingerprint density at radius 2 is 1.90 bits per heavy atom. The van der Waals surface area contributed by atoms with Crippen LogP contribution >= 0.6 is 0 Å². The van der Waals surface area contributed by atoms with E-state index in [4.69, 9.17) is 0 Å². The molecule has 2 aromatic heterocycles. The van der Waals surface area contributed by atoms with Crippen LogP contribution in [0.15, 0.2) is 36.5 Å². The molecule has 0 aliphatic rings. The van der Waals surface area contributed by atoms with Gasteiger partial charge in [-0.15, -0.1) is 0 Å². The number of aromatic nitrogens is 4. The van der Waals surface area contributed by atoms with Crippen LogP contribution in [0.4, 0.5) is 0 Å². The number of hydrogen-bond donors (Lipinski definition) is 2. The number of aromatic carboxylic acids is 1. The highest BCUT2D eigenvalue weighted by Gasteiger charge is 2.13. The van der Waals surface area contributed by atoms with Crippen LogP contribution in [0.3, 0.4) is 0 Å². The van der Waals surface area contributed by atoms with Gasteiger partial charge in [-0.25, -0.2) is 14.8 Å². The molecule has 0 unspecified atom stereocenters. The minimum Gasteiger partial charge on any atom is -0.478 e. The molecular weight excluding hydrogens is 256 g/mol. The second kappa shape index (κ2) is 3.74. The lowest BCUT2D eigenvalue weighted by Crippen LogP contribution is -2.00. The quantitative estimate of drug-likeness (QED) is 0.515. The summed E-state index contributed by atoms with van der Waals surface area (Å²) in [5.74, 6) is -1.01. The molecule has 0 atom stereocenters. The molecule has 0 saturated carbocycles. The standard InChI is InChI=1S/C14H8N4O2/c19-14(20)8-2-1-3-9-12(8)17-13-10(16-9)5-4-7-6-15-18-11(7)13/h1-6H,(H,15,18)(H,19,20). The van der Waals surface area contributed by atoms with Gasteiger partial charge in [-0.2, -0.15) is 5.10 Å². The van der Waals surface area contributed by atoms with Crippen molar-refractivity contribution >= 4 is 38.9 Å². The summed E-state index contributed by atoms with van der Waals surface area (Å²) in [4.78, 5) is 20.2. The number of nitrogens with one attached hydrogen (secondary N) is 1. The predicted molar refractivity (Wildman–Crippen MR) is 73.7 cm³/mol. The molecule has 96 valence electrons. The van der Waals surface area contributed by atoms with E-state index in [9.17, 15) is 9.90 Å². The lowest BCUT2D eigenvalue weighted by Gasteiger charge is -2.04. The number of hydrogen-bond acceptors (Lipinski definition) is 4. The zero-order chi connectivity index (χ0) is 13.7. The number of fused-ring (bicyclic) bond motifs is 4. The fourth-order valence-electron chi connectivity index (χ4n) is 2.34. The first-order valence-corrected chi connectivity index (χ1v) is 6.00. The van der Waals surface area contributed by atoms with E-state index in [0.717, 1.165) is 10.9 Å². The van der Waals surface area contributed by atoms with Gasteiger partial charge < -0.3 is 5.11 Å². The number of aromatic amines is 1. The Hall–Kier alpha value is -3.02. The van der Waals surface area contributed by atoms with E-state index in [0.29, 0.717) is 22.1 Å². The van der Waals surface area contributed by atoms with Gasteiger partial charge in [-0.1, -0.05) is 6.07 Å². The van der Waals surface area contributed by atoms with Crippen LogP contribution in [0.25, 0.3) is 33.0 Å². The molecule has 0 aliphatic heterocycles. The number of carboxylic acid groups (broad SMARTS) is 1. The SMILES string of the molecule is O=C(O)c1cccc2nc3ccc4cn[nH]c4c3nc12. The number of benzene rings is 2. The molecule has 0 radical (unpaired) electrons. The fraction of sp³-hybridized carbons (Fsp3) is 0. The van der Waals surface area contributed by atoms with Crippen molar-refractivity contribution in [3.63, 3.8) is 0 Å². The lowest BCUT2D eigenvalue weighted by molar-refractivity contribution is 0.0699. The molecule has 0 saturated heterocycles. The third-order valence-electron chi connectivity index (χ3n) is 3.28. The monoisotopic (exact) mass is 264 g/mol. The van der Waals surface area contributed by atoms with Gasteiger partial charge in [0.15, 0.2) is 0 Å². The Morgan fingerprint density at radius 3 is 2.75 bits per heavy atom. The molecule has 20 heavy (non-hydrogen) atoms. The Balaban J connectivity index is 2.24. The summed E-state index contributed by atoms with van der Waals surface area (Å²) < 4.78 is 0. The fourth-order valence-corrected chi connectivity index (χ4v) is 2.34. The molecule has 0 fully saturated rings. The zero-order valence-corrected chi connectivity index (χ0v) is 10.2. The van der Waals surface area contributed by atoms with E-state index < -0.39 is 5.97 Å². The first-order valence-electron chi connectivity index (χ1n) is 6.00. The van der Waals surface area contributed by atoms with Gasteiger partial charge in [0.1, 0.15) is 11.0 Å². The van der Waals surface area contributed by atoms with Crippen LogP contribution in [0.1, 0.15) is 10.4 Å². The number of nitrogens with zero attached hydrogens (tertiary/aromatic N) is 3. The normalized spacial score (nSPS) is 11.4. The lowest BCUT2D eigenvalue weighted by atomic mass is 10.1. The molecule has 2 aromatic carbocycles. The molecule has 0 amide bonds. The number of H-pyrrole nitrogens is 1. The Morgan fingerprint density at radius 1 is 1.05 bits per heavy atom. The van der Waals surface area contributed by atoms with Crippen LogP contribution < -0.4 is 0 Å². The Bertz CT molecular complexity index is 990. The highest BCUT2D eigenvalue weighted by molar-refractivity contribution is 6.07. The van der Waals surface area contributed by atoms with E-state index in [1.54, 1.807) is 18.3 Å². The average Bonchev–Trinajstić information content (AvgIpc) is 2.93. The summed E-state index contributed by atoms with van der Waals surface area (Å²) in [7, 11) is 0. The van der Waals surface area contributed by atoms with Gasteiger partial charge in [0.25, 0.3) is 0 Å². The van der Waals surface area contributed by atoms with Crippen molar-refractivity contribution < 1.29 is 9.90 Å². The minimum absolute atomic E-state index is 0.147. The van der Waals surface area contributed by atoms with Crippen molar-refractivity contribution in [2.24, 2.45) is 0 Å². The van der Waals surface area contributed by atoms with Gasteiger partial charge in [-0.3, -0.25) is 5.10 Å². The molecule has 2 heterocycles. The van der Waals surface area contributed by atoms with E-state index >= 15 is 0 Å². The molecule has 4 aromatic rings. The maximum atomic E-state index is 11.3. The van der Waals surface area contributed by atoms with Crippen LogP contribution in [0.2, 0.25) is 0 Å². The summed E-state index contributed by atoms with van der Waals surface area (Å²) in [5.41, 5.74) is 3.19. The number of para-hydroxylation sites is 1. The molecule has 6 nitrogen and oxygen atoms in total. The number of carboxylic acids is 1. The topological polar surface area (TPSA) is 91.8 Å². The maximum Gasteiger partial charge on any atom is 0.337 e. The van der Waals surface area contributed by atoms with Crippen molar-refractivity contribution in [2.75, 3.05) is 0 Å². The second-order valence-corrected chi connectivity index (χ2v) is 4.47. The molecule has 0 spiro atoms. The van der Waals surface area contributed by atoms with Crippen LogP contribution in [0, 0.1) is 0 Å². The first kappa shape index (κ1) is 10.9. The highest BCUT2D eigenvalue weighted by Crippen LogP contribution is 2.24. The molecule has 6 heteroatoms. The molecule has 0 bridgehead atoms.